The maximum absolute atomic E-state index is 12.9. The summed E-state index contributed by atoms with van der Waals surface area (Å²) >= 11 is 0. The number of aromatic nitrogens is 2. The number of halogens is 2. The standard InChI is InChI=1S/C29H30F2N3O5P/c1-18-14-22(39-13-12-38-11-10-29(30,31)40-37)7-6-21(18)5-2-20-15-24-23-8-3-19(4-9-26(35)36)16-25(23)34-28(32)27(24)33-17-20/h3,6-8,14-17H,2,4-5,9-13H2,1H3,(H2,32,34)(H,35,36). The number of hydrogen-bond acceptors (Lipinski definition) is 7. The average Bonchev–Trinajstić information content (AvgIpc) is 2.93. The molecule has 8 nitrogen and oxygen atoms in total. The van der Waals surface area contributed by atoms with Crippen molar-refractivity contribution in [1.29, 1.82) is 0 Å². The molecule has 0 spiro atoms. The number of hydrogen-bond donors (Lipinski definition) is 2. The van der Waals surface area contributed by atoms with E-state index in [2.05, 4.69) is 16.0 Å². The molecule has 210 valence electrons. The number of anilines is 1. The van der Waals surface area contributed by atoms with Crippen LogP contribution in [0.15, 0.2) is 48.7 Å². The number of nitrogens with two attached hydrogens (primary N) is 1. The van der Waals surface area contributed by atoms with Crippen LogP contribution in [0.5, 0.6) is 5.75 Å². The molecule has 0 fully saturated rings. The molecule has 40 heavy (non-hydrogen) atoms. The Bertz CT molecular complexity index is 1530. The summed E-state index contributed by atoms with van der Waals surface area (Å²) in [4.78, 5) is 20.0. The predicted molar refractivity (Wildman–Crippen MR) is 149 cm³/mol. The van der Waals surface area contributed by atoms with Gasteiger partial charge in [0.05, 0.1) is 18.7 Å². The van der Waals surface area contributed by atoms with Gasteiger partial charge in [-0.05, 0) is 72.7 Å². The largest absolute Gasteiger partial charge is 0.491 e. The molecule has 0 radical (unpaired) electrons. The SMILES string of the molecule is Cc1cc(OCCOCCC(F)(F)P=O)ccc1CCc1cnc2c(N)nc3cc(CCC(=O)O)ccc3c2c1. The highest BCUT2D eigenvalue weighted by molar-refractivity contribution is 7.25. The van der Waals surface area contributed by atoms with Gasteiger partial charge in [0.15, 0.2) is 5.82 Å². The quantitative estimate of drug-likeness (QED) is 0.105. The Labute approximate surface area is 231 Å². The van der Waals surface area contributed by atoms with Crippen LogP contribution >= 0.6 is 8.46 Å². The number of alkyl halides is 2. The lowest BCUT2D eigenvalue weighted by Gasteiger charge is -2.12. The van der Waals surface area contributed by atoms with E-state index in [1.54, 1.807) is 0 Å². The molecule has 4 rings (SSSR count). The van der Waals surface area contributed by atoms with Crippen molar-refractivity contribution in [2.45, 2.75) is 44.7 Å². The van der Waals surface area contributed by atoms with E-state index in [1.165, 1.54) is 0 Å². The van der Waals surface area contributed by atoms with E-state index in [0.29, 0.717) is 29.0 Å². The van der Waals surface area contributed by atoms with Crippen LogP contribution in [0, 0.1) is 6.92 Å². The van der Waals surface area contributed by atoms with Crippen LogP contribution in [0.3, 0.4) is 0 Å². The molecule has 2 aromatic heterocycles. The van der Waals surface area contributed by atoms with Crippen molar-refractivity contribution >= 4 is 42.1 Å². The maximum atomic E-state index is 12.9. The van der Waals surface area contributed by atoms with Crippen LogP contribution in [-0.4, -0.2) is 46.5 Å². The van der Waals surface area contributed by atoms with Gasteiger partial charge >= 0.3 is 11.6 Å². The molecule has 0 bridgehead atoms. The van der Waals surface area contributed by atoms with Gasteiger partial charge in [-0.1, -0.05) is 18.2 Å². The second-order valence-electron chi connectivity index (χ2n) is 9.54. The number of aliphatic carboxylic acids is 1. The van der Waals surface area contributed by atoms with E-state index in [-0.39, 0.29) is 26.2 Å². The van der Waals surface area contributed by atoms with Gasteiger partial charge in [-0.2, -0.15) is 8.78 Å². The van der Waals surface area contributed by atoms with Crippen molar-refractivity contribution in [1.82, 2.24) is 9.97 Å². The zero-order valence-corrected chi connectivity index (χ0v) is 22.9. The monoisotopic (exact) mass is 569 g/mol. The van der Waals surface area contributed by atoms with E-state index >= 15 is 0 Å². The topological polar surface area (TPSA) is 125 Å². The van der Waals surface area contributed by atoms with Gasteiger partial charge in [-0.25, -0.2) is 4.98 Å². The van der Waals surface area contributed by atoms with Crippen LogP contribution in [-0.2, 0) is 33.4 Å². The minimum atomic E-state index is -3.26. The van der Waals surface area contributed by atoms with Crippen molar-refractivity contribution in [3.05, 3.63) is 70.9 Å². The molecule has 11 heteroatoms. The Morgan fingerprint density at radius 2 is 1.85 bits per heavy atom. The van der Waals surface area contributed by atoms with Crippen LogP contribution < -0.4 is 10.5 Å². The van der Waals surface area contributed by atoms with E-state index in [4.69, 9.17) is 20.3 Å². The highest BCUT2D eigenvalue weighted by atomic mass is 31.1. The number of nitrogen functional groups attached to an aromatic ring is 1. The number of benzene rings is 2. The first-order chi connectivity index (χ1) is 19.1. The summed E-state index contributed by atoms with van der Waals surface area (Å²) in [6.07, 6.45) is 3.22. The summed E-state index contributed by atoms with van der Waals surface area (Å²) in [6.45, 7) is 2.18. The van der Waals surface area contributed by atoms with Crippen LogP contribution in [0.2, 0.25) is 0 Å². The number of ether oxygens (including phenoxy) is 2. The summed E-state index contributed by atoms with van der Waals surface area (Å²) in [5.41, 5.74) is 8.44. The smallest absolute Gasteiger partial charge is 0.327 e. The molecule has 0 unspecified atom stereocenters. The molecule has 4 aromatic rings. The fraction of sp³-hybridized carbons (Fsp3) is 0.345. The normalized spacial score (nSPS) is 11.9. The van der Waals surface area contributed by atoms with Gasteiger partial charge in [0, 0.05) is 29.8 Å². The number of aryl methyl sites for hydroxylation is 4. The Hall–Kier alpha value is -3.75. The fourth-order valence-corrected chi connectivity index (χ4v) is 4.60. The lowest BCUT2D eigenvalue weighted by molar-refractivity contribution is -0.136. The fourth-order valence-electron chi connectivity index (χ4n) is 4.42. The number of fused-ring (bicyclic) bond motifs is 3. The highest BCUT2D eigenvalue weighted by Gasteiger charge is 2.28. The summed E-state index contributed by atoms with van der Waals surface area (Å²) in [6, 6.07) is 13.6. The molecule has 0 aliphatic rings. The molecule has 0 saturated carbocycles. The number of pyridine rings is 2. The van der Waals surface area contributed by atoms with Gasteiger partial charge < -0.3 is 20.3 Å². The number of carbonyl (C=O) groups is 1. The van der Waals surface area contributed by atoms with Gasteiger partial charge in [0.1, 0.15) is 17.9 Å². The van der Waals surface area contributed by atoms with E-state index in [0.717, 1.165) is 45.9 Å². The first kappa shape index (κ1) is 29.2. The van der Waals surface area contributed by atoms with Gasteiger partial charge in [-0.15, -0.1) is 0 Å². The zero-order chi connectivity index (χ0) is 28.7. The van der Waals surface area contributed by atoms with E-state index in [1.807, 2.05) is 49.5 Å². The van der Waals surface area contributed by atoms with Crippen molar-refractivity contribution in [2.24, 2.45) is 0 Å². The Balaban J connectivity index is 1.38. The second-order valence-corrected chi connectivity index (χ2v) is 10.4. The molecule has 2 aromatic carbocycles. The minimum Gasteiger partial charge on any atom is -0.491 e. The molecule has 0 atom stereocenters. The minimum absolute atomic E-state index is 0.0507. The Morgan fingerprint density at radius 1 is 1.02 bits per heavy atom. The predicted octanol–water partition coefficient (Wildman–Crippen LogP) is 6.15. The molecule has 2 heterocycles. The molecular formula is C29H30F2N3O5P. The molecule has 0 saturated heterocycles. The first-order valence-electron chi connectivity index (χ1n) is 12.9. The third kappa shape index (κ3) is 7.67. The Morgan fingerprint density at radius 3 is 2.60 bits per heavy atom. The van der Waals surface area contributed by atoms with Gasteiger partial charge in [0.2, 0.25) is 8.46 Å². The number of carboxylic acid groups (broad SMARTS) is 1. The average molecular weight is 570 g/mol. The van der Waals surface area contributed by atoms with Crippen molar-refractivity contribution in [3.63, 3.8) is 0 Å². The van der Waals surface area contributed by atoms with Crippen molar-refractivity contribution in [3.8, 4) is 5.75 Å². The number of carboxylic acids is 1. The molecule has 0 amide bonds. The van der Waals surface area contributed by atoms with Gasteiger partial charge in [0.25, 0.3) is 0 Å². The van der Waals surface area contributed by atoms with E-state index < -0.39 is 26.5 Å². The first-order valence-corrected chi connectivity index (χ1v) is 13.7. The van der Waals surface area contributed by atoms with E-state index in [9.17, 15) is 18.1 Å². The third-order valence-corrected chi connectivity index (χ3v) is 7.07. The Kier molecular flexibility index (Phi) is 9.55. The molecule has 0 aliphatic heterocycles. The summed E-state index contributed by atoms with van der Waals surface area (Å²) in [5, 5.41) is 10.8. The molecule has 3 N–H and O–H groups in total. The summed E-state index contributed by atoms with van der Waals surface area (Å²) in [5.74, 6) is 0.155. The summed E-state index contributed by atoms with van der Waals surface area (Å²) in [7, 11) is -1.20. The van der Waals surface area contributed by atoms with Crippen LogP contribution in [0.4, 0.5) is 14.6 Å². The van der Waals surface area contributed by atoms with Gasteiger partial charge in [-0.3, -0.25) is 14.3 Å². The van der Waals surface area contributed by atoms with Crippen molar-refractivity contribution in [2.75, 3.05) is 25.6 Å². The number of rotatable bonds is 14. The molecular weight excluding hydrogens is 539 g/mol. The van der Waals surface area contributed by atoms with Crippen LogP contribution in [0.1, 0.15) is 35.1 Å². The molecule has 0 aliphatic carbocycles. The zero-order valence-electron chi connectivity index (χ0n) is 22.0. The van der Waals surface area contributed by atoms with Crippen LogP contribution in [0.25, 0.3) is 21.8 Å². The maximum Gasteiger partial charge on any atom is 0.327 e. The number of nitrogens with zero attached hydrogens (tertiary/aromatic N) is 2. The third-order valence-electron chi connectivity index (χ3n) is 6.58. The summed E-state index contributed by atoms with van der Waals surface area (Å²) < 4.78 is 47.0. The highest BCUT2D eigenvalue weighted by Crippen LogP contribution is 2.30. The van der Waals surface area contributed by atoms with Crippen molar-refractivity contribution < 1.29 is 32.7 Å². The second kappa shape index (κ2) is 13.1. The lowest BCUT2D eigenvalue weighted by atomic mass is 9.99. The lowest BCUT2D eigenvalue weighted by Crippen LogP contribution is -2.13.